The van der Waals surface area contributed by atoms with Crippen molar-refractivity contribution >= 4 is 19.4 Å². The van der Waals surface area contributed by atoms with Crippen LogP contribution in [0.15, 0.2) is 10.9 Å². The van der Waals surface area contributed by atoms with Gasteiger partial charge >= 0.3 is 7.60 Å². The molecule has 0 aliphatic heterocycles. The van der Waals surface area contributed by atoms with E-state index in [-0.39, 0.29) is 43.2 Å². The highest BCUT2D eigenvalue weighted by Gasteiger charge is 2.28. The lowest BCUT2D eigenvalue weighted by Crippen LogP contribution is -2.28. The van der Waals surface area contributed by atoms with Gasteiger partial charge in [0.15, 0.2) is 0 Å². The first-order chi connectivity index (χ1) is 11.5. The van der Waals surface area contributed by atoms with Crippen LogP contribution in [0.1, 0.15) is 27.7 Å². The van der Waals surface area contributed by atoms with Crippen LogP contribution in [0.4, 0.5) is 11.8 Å². The number of nitrogen functional groups attached to an aromatic ring is 1. The zero-order valence-electron chi connectivity index (χ0n) is 15.8. The third-order valence-corrected chi connectivity index (χ3v) is 4.92. The SMILES string of the molecule is CC(C)OP(=O)(COCCn1c(N)nc(N(C)C)cc1=O)OC(C)C. The van der Waals surface area contributed by atoms with Crippen LogP contribution in [0.25, 0.3) is 0 Å². The summed E-state index contributed by atoms with van der Waals surface area (Å²) < 4.78 is 30.1. The number of rotatable bonds is 10. The van der Waals surface area contributed by atoms with Crippen molar-refractivity contribution < 1.29 is 18.3 Å². The number of aromatic nitrogens is 2. The van der Waals surface area contributed by atoms with Crippen molar-refractivity contribution in [2.45, 2.75) is 46.4 Å². The molecule has 0 aliphatic carbocycles. The van der Waals surface area contributed by atoms with Crippen molar-refractivity contribution in [1.82, 2.24) is 9.55 Å². The maximum Gasteiger partial charge on any atom is 0.356 e. The van der Waals surface area contributed by atoms with E-state index in [4.69, 9.17) is 19.5 Å². The second-order valence-electron chi connectivity index (χ2n) is 6.31. The first-order valence-electron chi connectivity index (χ1n) is 8.12. The van der Waals surface area contributed by atoms with Crippen molar-refractivity contribution in [3.05, 3.63) is 16.4 Å². The summed E-state index contributed by atoms with van der Waals surface area (Å²) in [4.78, 5) is 17.9. The second-order valence-corrected chi connectivity index (χ2v) is 8.22. The number of nitrogens with zero attached hydrogens (tertiary/aromatic N) is 3. The average Bonchev–Trinajstić information content (AvgIpc) is 2.43. The van der Waals surface area contributed by atoms with Gasteiger partial charge in [0.25, 0.3) is 5.56 Å². The Morgan fingerprint density at radius 1 is 1.24 bits per heavy atom. The minimum absolute atomic E-state index is 0.0971. The van der Waals surface area contributed by atoms with Gasteiger partial charge in [-0.25, -0.2) is 0 Å². The van der Waals surface area contributed by atoms with Gasteiger partial charge in [0, 0.05) is 20.2 Å². The van der Waals surface area contributed by atoms with Crippen molar-refractivity contribution in [3.8, 4) is 0 Å². The molecule has 2 N–H and O–H groups in total. The zero-order valence-corrected chi connectivity index (χ0v) is 16.7. The summed E-state index contributed by atoms with van der Waals surface area (Å²) >= 11 is 0. The second kappa shape index (κ2) is 9.33. The molecule has 0 saturated carbocycles. The summed E-state index contributed by atoms with van der Waals surface area (Å²) in [6, 6.07) is 1.39. The van der Waals surface area contributed by atoms with Crippen LogP contribution in [0.3, 0.4) is 0 Å². The molecule has 10 heteroatoms. The predicted octanol–water partition coefficient (Wildman–Crippen LogP) is 1.91. The molecule has 1 aromatic rings. The molecule has 144 valence electrons. The Labute approximate surface area is 148 Å². The van der Waals surface area contributed by atoms with E-state index in [0.29, 0.717) is 5.82 Å². The summed E-state index contributed by atoms with van der Waals surface area (Å²) in [5.74, 6) is 0.583. The van der Waals surface area contributed by atoms with Crippen molar-refractivity contribution in [3.63, 3.8) is 0 Å². The Morgan fingerprint density at radius 2 is 1.80 bits per heavy atom. The molecular weight excluding hydrogens is 347 g/mol. The highest BCUT2D eigenvalue weighted by molar-refractivity contribution is 7.53. The zero-order chi connectivity index (χ0) is 19.2. The van der Waals surface area contributed by atoms with Gasteiger partial charge in [0.1, 0.15) is 12.2 Å². The largest absolute Gasteiger partial charge is 0.369 e. The molecule has 0 radical (unpaired) electrons. The quantitative estimate of drug-likeness (QED) is 0.487. The Kier molecular flexibility index (Phi) is 8.08. The van der Waals surface area contributed by atoms with Crippen LogP contribution in [0.2, 0.25) is 0 Å². The Balaban J connectivity index is 2.67. The van der Waals surface area contributed by atoms with E-state index in [2.05, 4.69) is 4.98 Å². The van der Waals surface area contributed by atoms with Gasteiger partial charge < -0.3 is 24.4 Å². The van der Waals surface area contributed by atoms with Crippen LogP contribution in [-0.2, 0) is 24.9 Å². The minimum Gasteiger partial charge on any atom is -0.369 e. The molecule has 1 aromatic heterocycles. The highest BCUT2D eigenvalue weighted by atomic mass is 31.2. The lowest BCUT2D eigenvalue weighted by Gasteiger charge is -2.22. The van der Waals surface area contributed by atoms with E-state index in [1.807, 2.05) is 0 Å². The van der Waals surface area contributed by atoms with E-state index in [1.54, 1.807) is 46.7 Å². The molecule has 9 nitrogen and oxygen atoms in total. The number of hydrogen-bond donors (Lipinski definition) is 1. The molecule has 0 spiro atoms. The normalized spacial score (nSPS) is 12.2. The standard InChI is InChI=1S/C15H29N4O5P/c1-11(2)23-25(21,24-12(3)4)10-22-8-7-19-14(20)9-13(18(5)6)17-15(19)16/h9,11-12H,7-8,10H2,1-6H3,(H2,16,17). The van der Waals surface area contributed by atoms with Gasteiger partial charge in [-0.2, -0.15) is 4.98 Å². The van der Waals surface area contributed by atoms with Gasteiger partial charge in [-0.1, -0.05) is 0 Å². The van der Waals surface area contributed by atoms with E-state index < -0.39 is 7.60 Å². The van der Waals surface area contributed by atoms with E-state index in [9.17, 15) is 9.36 Å². The molecule has 0 saturated heterocycles. The molecular formula is C15H29N4O5P. The lowest BCUT2D eigenvalue weighted by atomic mass is 10.5. The minimum atomic E-state index is -3.36. The van der Waals surface area contributed by atoms with Gasteiger partial charge in [0.05, 0.1) is 25.4 Å². The van der Waals surface area contributed by atoms with E-state index in [1.165, 1.54) is 10.6 Å². The number of hydrogen-bond acceptors (Lipinski definition) is 8. The van der Waals surface area contributed by atoms with Crippen LogP contribution in [0, 0.1) is 0 Å². The number of ether oxygens (including phenoxy) is 1. The summed E-state index contributed by atoms with van der Waals surface area (Å²) in [5.41, 5.74) is 5.55. The third kappa shape index (κ3) is 7.15. The molecule has 0 atom stereocenters. The number of nitrogens with two attached hydrogens (primary N) is 1. The van der Waals surface area contributed by atoms with Gasteiger partial charge in [-0.05, 0) is 27.7 Å². The summed E-state index contributed by atoms with van der Waals surface area (Å²) in [6.07, 6.45) is -0.704. The third-order valence-electron chi connectivity index (χ3n) is 2.93. The molecule has 0 aromatic carbocycles. The number of anilines is 2. The monoisotopic (exact) mass is 376 g/mol. The first kappa shape index (κ1) is 21.6. The Hall–Kier alpha value is -1.41. The van der Waals surface area contributed by atoms with Crippen molar-refractivity contribution in [2.75, 3.05) is 37.7 Å². The topological polar surface area (TPSA) is 109 Å². The molecule has 1 heterocycles. The van der Waals surface area contributed by atoms with Crippen LogP contribution >= 0.6 is 7.60 Å². The fourth-order valence-corrected chi connectivity index (χ4v) is 3.83. The Bertz CT molecular complexity index is 646. The van der Waals surface area contributed by atoms with Crippen LogP contribution in [-0.4, -0.2) is 48.8 Å². The van der Waals surface area contributed by atoms with Gasteiger partial charge in [-0.15, -0.1) is 0 Å². The Morgan fingerprint density at radius 3 is 2.24 bits per heavy atom. The lowest BCUT2D eigenvalue weighted by molar-refractivity contribution is 0.0957. The highest BCUT2D eigenvalue weighted by Crippen LogP contribution is 2.50. The average molecular weight is 376 g/mol. The first-order valence-corrected chi connectivity index (χ1v) is 9.85. The molecule has 0 aliphatic rings. The summed E-state index contributed by atoms with van der Waals surface area (Å²) in [5, 5.41) is 0. The molecule has 1 rings (SSSR count). The van der Waals surface area contributed by atoms with Gasteiger partial charge in [-0.3, -0.25) is 13.9 Å². The molecule has 0 unspecified atom stereocenters. The maximum atomic E-state index is 12.6. The van der Waals surface area contributed by atoms with Crippen LogP contribution in [0.5, 0.6) is 0 Å². The molecule has 25 heavy (non-hydrogen) atoms. The van der Waals surface area contributed by atoms with Crippen molar-refractivity contribution in [2.24, 2.45) is 0 Å². The molecule has 0 fully saturated rings. The van der Waals surface area contributed by atoms with Gasteiger partial charge in [0.2, 0.25) is 5.95 Å². The maximum absolute atomic E-state index is 12.6. The fraction of sp³-hybridized carbons (Fsp3) is 0.733. The predicted molar refractivity (Wildman–Crippen MR) is 98.1 cm³/mol. The van der Waals surface area contributed by atoms with Crippen molar-refractivity contribution in [1.29, 1.82) is 0 Å². The molecule has 0 amide bonds. The smallest absolute Gasteiger partial charge is 0.356 e. The summed E-state index contributed by atoms with van der Waals surface area (Å²) in [6.45, 7) is 7.40. The van der Waals surface area contributed by atoms with E-state index in [0.717, 1.165) is 0 Å². The van der Waals surface area contributed by atoms with Crippen LogP contribution < -0.4 is 16.2 Å². The van der Waals surface area contributed by atoms with E-state index >= 15 is 0 Å². The molecule has 0 bridgehead atoms. The summed E-state index contributed by atoms with van der Waals surface area (Å²) in [7, 11) is 0.186. The fourth-order valence-electron chi connectivity index (χ4n) is 2.03.